The van der Waals surface area contributed by atoms with Crippen molar-refractivity contribution in [3.63, 3.8) is 0 Å². The predicted molar refractivity (Wildman–Crippen MR) is 81.3 cm³/mol. The minimum absolute atomic E-state index is 0.0414. The first-order valence-corrected chi connectivity index (χ1v) is 8.50. The van der Waals surface area contributed by atoms with Crippen LogP contribution in [0.3, 0.4) is 0 Å². The van der Waals surface area contributed by atoms with Crippen LogP contribution in [0.5, 0.6) is 0 Å². The number of nitrogens with zero attached hydrogens (tertiary/aromatic N) is 2. The fraction of sp³-hybridized carbons (Fsp3) is 0.533. The molecule has 0 N–H and O–H groups in total. The van der Waals surface area contributed by atoms with Crippen LogP contribution in [0.2, 0.25) is 0 Å². The van der Waals surface area contributed by atoms with Gasteiger partial charge in [0.25, 0.3) is 0 Å². The number of rotatable bonds is 3. The summed E-state index contributed by atoms with van der Waals surface area (Å²) in [6.45, 7) is 4.95. The highest BCUT2D eigenvalue weighted by Gasteiger charge is 2.25. The third-order valence-electron chi connectivity index (χ3n) is 3.77. The van der Waals surface area contributed by atoms with E-state index >= 15 is 0 Å². The Morgan fingerprint density at radius 1 is 1.24 bits per heavy atom. The van der Waals surface area contributed by atoms with Gasteiger partial charge in [0.15, 0.2) is 0 Å². The van der Waals surface area contributed by atoms with E-state index in [1.807, 2.05) is 19.9 Å². The molecule has 1 heterocycles. The van der Waals surface area contributed by atoms with E-state index < -0.39 is 10.0 Å². The second-order valence-corrected chi connectivity index (χ2v) is 8.03. The van der Waals surface area contributed by atoms with Crippen molar-refractivity contribution in [1.29, 1.82) is 0 Å². The van der Waals surface area contributed by atoms with Crippen LogP contribution in [-0.2, 0) is 27.8 Å². The lowest BCUT2D eigenvalue weighted by Gasteiger charge is -2.30. The van der Waals surface area contributed by atoms with Gasteiger partial charge >= 0.3 is 0 Å². The second-order valence-electron chi connectivity index (χ2n) is 5.88. The summed E-state index contributed by atoms with van der Waals surface area (Å²) in [4.78, 5) is 14.2. The first-order chi connectivity index (χ1) is 9.73. The van der Waals surface area contributed by atoms with Crippen molar-refractivity contribution in [2.24, 2.45) is 5.92 Å². The van der Waals surface area contributed by atoms with Crippen LogP contribution < -0.4 is 0 Å². The Balaban J connectivity index is 2.33. The molecule has 1 aliphatic rings. The normalized spacial score (nSPS) is 15.4. The zero-order chi connectivity index (χ0) is 15.8. The van der Waals surface area contributed by atoms with E-state index in [2.05, 4.69) is 0 Å². The van der Waals surface area contributed by atoms with Gasteiger partial charge in [-0.1, -0.05) is 19.9 Å². The predicted octanol–water partition coefficient (Wildman–Crippen LogP) is 1.48. The van der Waals surface area contributed by atoms with Crippen molar-refractivity contribution < 1.29 is 13.2 Å². The first kappa shape index (κ1) is 16.0. The molecule has 6 heteroatoms. The molecule has 5 nitrogen and oxygen atoms in total. The molecule has 0 saturated heterocycles. The Hall–Kier alpha value is -1.40. The smallest absolute Gasteiger partial charge is 0.242 e. The molecule has 1 aromatic carbocycles. The number of hydrogen-bond acceptors (Lipinski definition) is 3. The highest BCUT2D eigenvalue weighted by atomic mass is 32.2. The quantitative estimate of drug-likeness (QED) is 0.849. The van der Waals surface area contributed by atoms with Crippen LogP contribution in [0, 0.1) is 5.92 Å². The zero-order valence-electron chi connectivity index (χ0n) is 13.0. The summed E-state index contributed by atoms with van der Waals surface area (Å²) in [6.07, 6.45) is 0.774. The number of hydrogen-bond donors (Lipinski definition) is 0. The molecule has 0 aromatic heterocycles. The van der Waals surface area contributed by atoms with E-state index in [1.165, 1.54) is 18.4 Å². The summed E-state index contributed by atoms with van der Waals surface area (Å²) in [5.74, 6) is 0.0711. The molecule has 116 valence electrons. The van der Waals surface area contributed by atoms with Crippen molar-refractivity contribution >= 4 is 15.9 Å². The molecule has 1 amide bonds. The van der Waals surface area contributed by atoms with Gasteiger partial charge in [-0.2, -0.15) is 0 Å². The second kappa shape index (κ2) is 5.77. The van der Waals surface area contributed by atoms with E-state index in [0.29, 0.717) is 13.1 Å². The Labute approximate surface area is 126 Å². The van der Waals surface area contributed by atoms with E-state index in [-0.39, 0.29) is 16.7 Å². The summed E-state index contributed by atoms with van der Waals surface area (Å²) in [7, 11) is -0.400. The fourth-order valence-electron chi connectivity index (χ4n) is 2.46. The van der Waals surface area contributed by atoms with Gasteiger partial charge in [-0.25, -0.2) is 12.7 Å². The maximum Gasteiger partial charge on any atom is 0.242 e. The molecule has 0 spiro atoms. The first-order valence-electron chi connectivity index (χ1n) is 7.06. The third-order valence-corrected chi connectivity index (χ3v) is 5.59. The van der Waals surface area contributed by atoms with E-state index in [4.69, 9.17) is 0 Å². The van der Waals surface area contributed by atoms with Gasteiger partial charge in [0.2, 0.25) is 15.9 Å². The summed E-state index contributed by atoms with van der Waals surface area (Å²) in [5.41, 5.74) is 2.05. The van der Waals surface area contributed by atoms with Crippen molar-refractivity contribution in [3.05, 3.63) is 29.3 Å². The molecule has 0 fully saturated rings. The molecular weight excluding hydrogens is 288 g/mol. The standard InChI is InChI=1S/C15H22N2O3S/c1-11(2)15(18)17-8-7-12-5-6-14(9-13(12)10-17)21(19,20)16(3)4/h5-6,9,11H,7-8,10H2,1-4H3. The molecule has 0 atom stereocenters. The SMILES string of the molecule is CC(C)C(=O)N1CCc2ccc(S(=O)(=O)N(C)C)cc2C1. The molecular formula is C15H22N2O3S. The minimum Gasteiger partial charge on any atom is -0.338 e. The lowest BCUT2D eigenvalue weighted by molar-refractivity contribution is -0.135. The molecule has 0 bridgehead atoms. The monoisotopic (exact) mass is 310 g/mol. The van der Waals surface area contributed by atoms with Crippen LogP contribution in [0.1, 0.15) is 25.0 Å². The topological polar surface area (TPSA) is 57.7 Å². The van der Waals surface area contributed by atoms with Gasteiger partial charge in [0.1, 0.15) is 0 Å². The van der Waals surface area contributed by atoms with E-state index in [1.54, 1.807) is 17.0 Å². The average Bonchev–Trinajstić information content (AvgIpc) is 2.44. The van der Waals surface area contributed by atoms with E-state index in [9.17, 15) is 13.2 Å². The number of fused-ring (bicyclic) bond motifs is 1. The maximum atomic E-state index is 12.2. The van der Waals surface area contributed by atoms with Gasteiger partial charge in [0, 0.05) is 33.1 Å². The zero-order valence-corrected chi connectivity index (χ0v) is 13.8. The van der Waals surface area contributed by atoms with Crippen molar-refractivity contribution in [1.82, 2.24) is 9.21 Å². The minimum atomic E-state index is -3.43. The van der Waals surface area contributed by atoms with Gasteiger partial charge in [-0.15, -0.1) is 0 Å². The van der Waals surface area contributed by atoms with Crippen molar-refractivity contribution in [2.75, 3.05) is 20.6 Å². The molecule has 0 unspecified atom stereocenters. The number of amides is 1. The molecule has 1 aromatic rings. The summed E-state index contributed by atoms with van der Waals surface area (Å²) < 4.78 is 25.6. The molecule has 2 rings (SSSR count). The average molecular weight is 310 g/mol. The largest absolute Gasteiger partial charge is 0.338 e. The van der Waals surface area contributed by atoms with Gasteiger partial charge in [-0.3, -0.25) is 4.79 Å². The number of benzene rings is 1. The Morgan fingerprint density at radius 2 is 1.90 bits per heavy atom. The highest BCUT2D eigenvalue weighted by molar-refractivity contribution is 7.89. The lowest BCUT2D eigenvalue weighted by atomic mass is 9.99. The number of carbonyl (C=O) groups excluding carboxylic acids is 1. The van der Waals surface area contributed by atoms with E-state index in [0.717, 1.165) is 17.5 Å². The Kier molecular flexibility index (Phi) is 4.39. The van der Waals surface area contributed by atoms with Gasteiger partial charge < -0.3 is 4.90 Å². The van der Waals surface area contributed by atoms with Crippen molar-refractivity contribution in [3.8, 4) is 0 Å². The van der Waals surface area contributed by atoms with Gasteiger partial charge in [0.05, 0.1) is 4.90 Å². The molecule has 21 heavy (non-hydrogen) atoms. The fourth-order valence-corrected chi connectivity index (χ4v) is 3.41. The number of carbonyl (C=O) groups is 1. The number of sulfonamides is 1. The van der Waals surface area contributed by atoms with Crippen LogP contribution >= 0.6 is 0 Å². The molecule has 0 saturated carbocycles. The highest BCUT2D eigenvalue weighted by Crippen LogP contribution is 2.24. The van der Waals surface area contributed by atoms with Crippen molar-refractivity contribution in [2.45, 2.75) is 31.7 Å². The van der Waals surface area contributed by atoms with Crippen LogP contribution in [0.4, 0.5) is 0 Å². The van der Waals surface area contributed by atoms with Gasteiger partial charge in [-0.05, 0) is 29.7 Å². The molecule has 0 aliphatic carbocycles. The Bertz CT molecular complexity index is 651. The van der Waals surface area contributed by atoms with Crippen LogP contribution in [0.25, 0.3) is 0 Å². The van der Waals surface area contributed by atoms with Crippen LogP contribution in [-0.4, -0.2) is 44.2 Å². The summed E-state index contributed by atoms with van der Waals surface area (Å²) in [5, 5.41) is 0. The molecule has 1 aliphatic heterocycles. The lowest BCUT2D eigenvalue weighted by Crippen LogP contribution is -2.38. The Morgan fingerprint density at radius 3 is 2.48 bits per heavy atom. The maximum absolute atomic E-state index is 12.2. The summed E-state index contributed by atoms with van der Waals surface area (Å²) in [6, 6.07) is 5.21. The third kappa shape index (κ3) is 3.11. The van der Waals surface area contributed by atoms with Crippen LogP contribution in [0.15, 0.2) is 23.1 Å². The summed E-state index contributed by atoms with van der Waals surface area (Å²) >= 11 is 0. The molecule has 0 radical (unpaired) electrons.